The van der Waals surface area contributed by atoms with Crippen molar-refractivity contribution in [2.75, 3.05) is 0 Å². The second kappa shape index (κ2) is 10.5. The van der Waals surface area contributed by atoms with Crippen LogP contribution in [0.4, 0.5) is 0 Å². The molecule has 0 bridgehead atoms. The monoisotopic (exact) mass is 545 g/mol. The molecular weight excluding hydrogens is 522 g/mol. The minimum Gasteiger partial charge on any atom is -0.492 e. The second-order valence-electron chi connectivity index (χ2n) is 7.83. The average molecular weight is 546 g/mol. The number of aromatic nitrogens is 2. The number of benzene rings is 2. The summed E-state index contributed by atoms with van der Waals surface area (Å²) in [5.41, 5.74) is 0.124. The zero-order chi connectivity index (χ0) is 25.0. The molecule has 178 valence electrons. The number of nitriles is 1. The van der Waals surface area contributed by atoms with E-state index in [-0.39, 0.29) is 23.4 Å². The van der Waals surface area contributed by atoms with E-state index in [1.54, 1.807) is 24.3 Å². The van der Waals surface area contributed by atoms with Gasteiger partial charge in [-0.15, -0.1) is 0 Å². The van der Waals surface area contributed by atoms with Gasteiger partial charge >= 0.3 is 0 Å². The Morgan fingerprint density at radius 1 is 1.21 bits per heavy atom. The molecule has 1 heterocycles. The van der Waals surface area contributed by atoms with Gasteiger partial charge in [0.15, 0.2) is 4.90 Å². The number of hydrogen-bond donors (Lipinski definition) is 1. The highest BCUT2D eigenvalue weighted by Gasteiger charge is 2.31. The molecule has 0 saturated carbocycles. The van der Waals surface area contributed by atoms with E-state index in [1.807, 2.05) is 20.8 Å². The van der Waals surface area contributed by atoms with Crippen LogP contribution in [0.3, 0.4) is 0 Å². The topological polar surface area (TPSA) is 122 Å². The van der Waals surface area contributed by atoms with Gasteiger partial charge in [-0.05, 0) is 62.2 Å². The van der Waals surface area contributed by atoms with E-state index in [1.165, 1.54) is 28.8 Å². The smallest absolute Gasteiger partial charge is 0.277 e. The van der Waals surface area contributed by atoms with E-state index in [9.17, 15) is 23.6 Å². The summed E-state index contributed by atoms with van der Waals surface area (Å²) >= 11 is 3.25. The molecule has 2 aromatic carbocycles. The van der Waals surface area contributed by atoms with Crippen LogP contribution in [0.5, 0.6) is 5.88 Å². The van der Waals surface area contributed by atoms with Crippen molar-refractivity contribution in [3.05, 3.63) is 80.3 Å². The largest absolute Gasteiger partial charge is 0.492 e. The predicted octanol–water partition coefficient (Wildman–Crippen LogP) is 4.34. The highest BCUT2D eigenvalue weighted by Crippen LogP contribution is 2.29. The first-order valence-corrected chi connectivity index (χ1v) is 12.8. The van der Waals surface area contributed by atoms with Crippen LogP contribution in [0.25, 0.3) is 0 Å². The highest BCUT2D eigenvalue weighted by atomic mass is 79.9. The van der Waals surface area contributed by atoms with Crippen LogP contribution < -0.4 is 5.56 Å². The number of aromatic hydroxyl groups is 1. The molecule has 0 aliphatic heterocycles. The van der Waals surface area contributed by atoms with Gasteiger partial charge in [0.1, 0.15) is 12.4 Å². The molecule has 10 heteroatoms. The lowest BCUT2D eigenvalue weighted by molar-refractivity contribution is 0.0573. The maximum atomic E-state index is 13.7. The lowest BCUT2D eigenvalue weighted by Gasteiger charge is -2.24. The van der Waals surface area contributed by atoms with Gasteiger partial charge in [-0.25, -0.2) is 8.42 Å². The Balaban J connectivity index is 2.30. The normalized spacial score (nSPS) is 12.5. The molecule has 1 aromatic heterocycles. The fraction of sp³-hybridized carbons (Fsp3) is 0.292. The van der Waals surface area contributed by atoms with E-state index in [0.29, 0.717) is 22.0 Å². The molecule has 0 spiro atoms. The van der Waals surface area contributed by atoms with Crippen molar-refractivity contribution in [3.63, 3.8) is 0 Å². The number of nitrogens with zero attached hydrogens (tertiary/aromatic N) is 3. The summed E-state index contributed by atoms with van der Waals surface area (Å²) in [6.07, 6.45) is 0.203. The van der Waals surface area contributed by atoms with Crippen molar-refractivity contribution >= 4 is 25.8 Å². The Morgan fingerprint density at radius 2 is 1.88 bits per heavy atom. The number of sulfone groups is 1. The Kier molecular flexibility index (Phi) is 7.92. The van der Waals surface area contributed by atoms with E-state index in [0.717, 1.165) is 0 Å². The first-order valence-electron chi connectivity index (χ1n) is 10.6. The average Bonchev–Trinajstić information content (AvgIpc) is 2.79. The number of hydrogen-bond acceptors (Lipinski definition) is 7. The lowest BCUT2D eigenvalue weighted by atomic mass is 10.0. The maximum Gasteiger partial charge on any atom is 0.277 e. The van der Waals surface area contributed by atoms with Crippen LogP contribution in [-0.2, 0) is 21.2 Å². The number of halogens is 1. The molecule has 0 aliphatic carbocycles. The number of rotatable bonds is 8. The first kappa shape index (κ1) is 25.6. The summed E-state index contributed by atoms with van der Waals surface area (Å²) in [5.74, 6) is -0.799. The zero-order valence-electron chi connectivity index (χ0n) is 18.9. The van der Waals surface area contributed by atoms with Crippen molar-refractivity contribution in [1.29, 1.82) is 5.26 Å². The van der Waals surface area contributed by atoms with Crippen LogP contribution in [0, 0.1) is 11.3 Å². The summed E-state index contributed by atoms with van der Waals surface area (Å²) in [6.45, 7) is 5.33. The third-order valence-corrected chi connectivity index (χ3v) is 7.48. The molecule has 0 amide bonds. The molecule has 1 N–H and O–H groups in total. The van der Waals surface area contributed by atoms with E-state index < -0.39 is 32.2 Å². The third-order valence-electron chi connectivity index (χ3n) is 5.17. The maximum absolute atomic E-state index is 13.7. The van der Waals surface area contributed by atoms with Crippen LogP contribution in [0.15, 0.2) is 67.6 Å². The van der Waals surface area contributed by atoms with Gasteiger partial charge in [0.2, 0.25) is 15.7 Å². The van der Waals surface area contributed by atoms with E-state index in [4.69, 9.17) is 4.74 Å². The third kappa shape index (κ3) is 5.22. The molecule has 0 fully saturated rings. The zero-order valence-corrected chi connectivity index (χ0v) is 21.3. The number of ether oxygens (including phenoxy) is 1. The molecule has 0 radical (unpaired) electrons. The van der Waals surface area contributed by atoms with Crippen LogP contribution >= 0.6 is 15.9 Å². The molecule has 1 unspecified atom stereocenters. The second-order valence-corrected chi connectivity index (χ2v) is 10.6. The highest BCUT2D eigenvalue weighted by molar-refractivity contribution is 9.10. The van der Waals surface area contributed by atoms with Gasteiger partial charge in [0.05, 0.1) is 28.7 Å². The molecule has 34 heavy (non-hydrogen) atoms. The molecule has 1 atom stereocenters. The van der Waals surface area contributed by atoms with Crippen LogP contribution in [-0.4, -0.2) is 29.2 Å². The van der Waals surface area contributed by atoms with Gasteiger partial charge in [0, 0.05) is 4.47 Å². The quantitative estimate of drug-likeness (QED) is 0.446. The van der Waals surface area contributed by atoms with Crippen molar-refractivity contribution < 1.29 is 18.3 Å². The molecular formula is C24H24BrN3O5S. The van der Waals surface area contributed by atoms with Crippen molar-refractivity contribution in [2.24, 2.45) is 0 Å². The minimum absolute atomic E-state index is 0.0835. The van der Waals surface area contributed by atoms with Crippen LogP contribution in [0.1, 0.15) is 50.2 Å². The lowest BCUT2D eigenvalue weighted by Crippen LogP contribution is -2.34. The van der Waals surface area contributed by atoms with Crippen molar-refractivity contribution in [1.82, 2.24) is 9.55 Å². The molecule has 0 aliphatic rings. The summed E-state index contributed by atoms with van der Waals surface area (Å²) in [5, 5.41) is 19.9. The Hall–Kier alpha value is -3.00. The van der Waals surface area contributed by atoms with Crippen molar-refractivity contribution in [2.45, 2.75) is 55.7 Å². The van der Waals surface area contributed by atoms with Gasteiger partial charge in [-0.3, -0.25) is 9.36 Å². The van der Waals surface area contributed by atoms with Crippen molar-refractivity contribution in [3.8, 4) is 11.9 Å². The summed E-state index contributed by atoms with van der Waals surface area (Å²) < 4.78 is 34.3. The molecule has 8 nitrogen and oxygen atoms in total. The van der Waals surface area contributed by atoms with E-state index in [2.05, 4.69) is 27.0 Å². The summed E-state index contributed by atoms with van der Waals surface area (Å²) in [7, 11) is -4.38. The van der Waals surface area contributed by atoms with Gasteiger partial charge < -0.3 is 9.84 Å². The molecule has 0 saturated heterocycles. The Labute approximate surface area is 206 Å². The van der Waals surface area contributed by atoms with Gasteiger partial charge in [-0.2, -0.15) is 10.2 Å². The first-order chi connectivity index (χ1) is 16.1. The SMILES string of the molecule is CCC(c1cccc(C#N)c1)n1c(COC(C)C)nc(O)c(S(=O)(=O)c2ccc(Br)cc2)c1=O. The minimum atomic E-state index is -4.38. The fourth-order valence-corrected chi connectivity index (χ4v) is 5.17. The molecule has 3 aromatic rings. The van der Waals surface area contributed by atoms with Gasteiger partial charge in [-0.1, -0.05) is 35.0 Å². The fourth-order valence-electron chi connectivity index (χ4n) is 3.56. The summed E-state index contributed by atoms with van der Waals surface area (Å²) in [4.78, 5) is 16.9. The van der Waals surface area contributed by atoms with Crippen LogP contribution in [0.2, 0.25) is 0 Å². The Bertz CT molecular complexity index is 1390. The summed E-state index contributed by atoms with van der Waals surface area (Å²) in [6, 6.07) is 13.9. The predicted molar refractivity (Wildman–Crippen MR) is 129 cm³/mol. The van der Waals surface area contributed by atoms with Gasteiger partial charge in [0.25, 0.3) is 5.56 Å². The standard InChI is InChI=1S/C24H24BrN3O5S/c1-4-20(17-7-5-6-16(12-17)13-26)28-21(14-33-15(2)3)27-23(29)22(24(28)30)34(31,32)19-10-8-18(25)9-11-19/h5-12,15,20,29H,4,14H2,1-3H3. The Morgan fingerprint density at radius 3 is 2.47 bits per heavy atom. The van der Waals surface area contributed by atoms with E-state index >= 15 is 0 Å². The molecule has 3 rings (SSSR count).